The van der Waals surface area contributed by atoms with Gasteiger partial charge in [0.1, 0.15) is 12.9 Å². The summed E-state index contributed by atoms with van der Waals surface area (Å²) in [6.45, 7) is 0.503. The van der Waals surface area contributed by atoms with Crippen LogP contribution in [0, 0.1) is 0 Å². The number of esters is 2. The molecule has 156 valence electrons. The van der Waals surface area contributed by atoms with Crippen LogP contribution in [-0.2, 0) is 14.2 Å². The van der Waals surface area contributed by atoms with Crippen molar-refractivity contribution in [3.8, 4) is 5.69 Å². The fourth-order valence-electron chi connectivity index (χ4n) is 2.68. The van der Waals surface area contributed by atoms with Crippen LogP contribution in [0.3, 0.4) is 0 Å². The van der Waals surface area contributed by atoms with E-state index in [4.69, 9.17) is 15.2 Å². The maximum absolute atomic E-state index is 12.0. The van der Waals surface area contributed by atoms with Crippen molar-refractivity contribution in [3.63, 3.8) is 0 Å². The molecule has 2 aromatic carbocycles. The van der Waals surface area contributed by atoms with Gasteiger partial charge in [0, 0.05) is 24.7 Å². The average molecular weight is 410 g/mol. The van der Waals surface area contributed by atoms with E-state index in [1.165, 1.54) is 20.5 Å². The first kappa shape index (κ1) is 20.9. The van der Waals surface area contributed by atoms with Gasteiger partial charge in [0.25, 0.3) is 0 Å². The van der Waals surface area contributed by atoms with E-state index in [2.05, 4.69) is 15.0 Å². The fraction of sp³-hybridized carbons (Fsp3) is 0.190. The lowest BCUT2D eigenvalue weighted by molar-refractivity contribution is 0.0388. The van der Waals surface area contributed by atoms with Crippen molar-refractivity contribution in [2.24, 2.45) is 0 Å². The molecule has 0 aliphatic carbocycles. The normalized spacial score (nSPS) is 10.5. The van der Waals surface area contributed by atoms with Crippen molar-refractivity contribution in [1.29, 1.82) is 0 Å². The highest BCUT2D eigenvalue weighted by Gasteiger charge is 2.12. The van der Waals surface area contributed by atoms with E-state index in [-0.39, 0.29) is 12.3 Å². The second-order valence-electron chi connectivity index (χ2n) is 6.26. The summed E-state index contributed by atoms with van der Waals surface area (Å²) >= 11 is 0. The molecule has 3 rings (SSSR count). The number of ether oxygens (including phenoxy) is 3. The molecule has 0 aliphatic rings. The Morgan fingerprint density at radius 3 is 2.67 bits per heavy atom. The number of carbonyl (C=O) groups is 2. The number of anilines is 3. The Morgan fingerprint density at radius 2 is 1.93 bits per heavy atom. The topological polar surface area (TPSA) is 118 Å². The summed E-state index contributed by atoms with van der Waals surface area (Å²) in [6, 6.07) is 12.4. The molecule has 0 saturated carbocycles. The van der Waals surface area contributed by atoms with Crippen LogP contribution in [0.25, 0.3) is 5.69 Å². The smallest absolute Gasteiger partial charge is 0.358 e. The third kappa shape index (κ3) is 4.95. The Bertz CT molecular complexity index is 1050. The molecule has 9 heteroatoms. The molecule has 0 amide bonds. The average Bonchev–Trinajstić information content (AvgIpc) is 3.25. The van der Waals surface area contributed by atoms with E-state index < -0.39 is 11.9 Å². The van der Waals surface area contributed by atoms with Gasteiger partial charge in [0.05, 0.1) is 30.7 Å². The molecule has 0 aliphatic heterocycles. The molecule has 3 aromatic rings. The minimum absolute atomic E-state index is 0.175. The SMILES string of the molecule is COCCOC(=O)c1ccc(Nc2cccc(-n3cnc(C(=O)OC)c3)c2)c(N)c1. The van der Waals surface area contributed by atoms with Gasteiger partial charge in [-0.3, -0.25) is 0 Å². The molecule has 3 N–H and O–H groups in total. The Hall–Kier alpha value is -3.85. The van der Waals surface area contributed by atoms with Gasteiger partial charge in [-0.15, -0.1) is 0 Å². The lowest BCUT2D eigenvalue weighted by atomic mass is 10.1. The number of methoxy groups -OCH3 is 2. The zero-order valence-corrected chi connectivity index (χ0v) is 16.6. The van der Waals surface area contributed by atoms with E-state index in [1.54, 1.807) is 29.0 Å². The molecular formula is C21H22N4O5. The first-order valence-corrected chi connectivity index (χ1v) is 9.07. The van der Waals surface area contributed by atoms with E-state index in [0.29, 0.717) is 23.5 Å². The van der Waals surface area contributed by atoms with Crippen LogP contribution in [0.4, 0.5) is 17.1 Å². The van der Waals surface area contributed by atoms with Crippen LogP contribution in [0.1, 0.15) is 20.8 Å². The number of benzene rings is 2. The van der Waals surface area contributed by atoms with Crippen molar-refractivity contribution in [2.45, 2.75) is 0 Å². The lowest BCUT2D eigenvalue weighted by Gasteiger charge is -2.12. The summed E-state index contributed by atoms with van der Waals surface area (Å²) in [4.78, 5) is 27.6. The third-order valence-corrected chi connectivity index (χ3v) is 4.21. The van der Waals surface area contributed by atoms with Gasteiger partial charge >= 0.3 is 11.9 Å². The summed E-state index contributed by atoms with van der Waals surface area (Å²) in [5.74, 6) is -0.967. The molecule has 0 radical (unpaired) electrons. The highest BCUT2D eigenvalue weighted by Crippen LogP contribution is 2.26. The van der Waals surface area contributed by atoms with Crippen molar-refractivity contribution in [2.75, 3.05) is 38.5 Å². The maximum atomic E-state index is 12.0. The number of rotatable bonds is 8. The van der Waals surface area contributed by atoms with Crippen LogP contribution in [0.2, 0.25) is 0 Å². The number of imidazole rings is 1. The predicted molar refractivity (Wildman–Crippen MR) is 111 cm³/mol. The van der Waals surface area contributed by atoms with Gasteiger partial charge in [0.15, 0.2) is 5.69 Å². The molecule has 9 nitrogen and oxygen atoms in total. The summed E-state index contributed by atoms with van der Waals surface area (Å²) < 4.78 is 16.3. The molecular weight excluding hydrogens is 388 g/mol. The van der Waals surface area contributed by atoms with E-state index in [0.717, 1.165) is 11.4 Å². The number of nitrogens with one attached hydrogen (secondary N) is 1. The number of carbonyl (C=O) groups excluding carboxylic acids is 2. The van der Waals surface area contributed by atoms with Crippen molar-refractivity contribution >= 4 is 29.0 Å². The van der Waals surface area contributed by atoms with Crippen LogP contribution in [0.15, 0.2) is 55.0 Å². The second-order valence-corrected chi connectivity index (χ2v) is 6.26. The highest BCUT2D eigenvalue weighted by atomic mass is 16.6. The van der Waals surface area contributed by atoms with Gasteiger partial charge in [-0.1, -0.05) is 6.07 Å². The van der Waals surface area contributed by atoms with Crippen molar-refractivity contribution < 1.29 is 23.8 Å². The Labute approximate surface area is 173 Å². The quantitative estimate of drug-likeness (QED) is 0.331. The van der Waals surface area contributed by atoms with Gasteiger partial charge in [-0.2, -0.15) is 0 Å². The number of nitrogens with two attached hydrogens (primary N) is 1. The first-order valence-electron chi connectivity index (χ1n) is 9.07. The largest absolute Gasteiger partial charge is 0.464 e. The molecule has 1 aromatic heterocycles. The summed E-state index contributed by atoms with van der Waals surface area (Å²) in [7, 11) is 2.84. The highest BCUT2D eigenvalue weighted by molar-refractivity contribution is 5.92. The van der Waals surface area contributed by atoms with Gasteiger partial charge in [-0.25, -0.2) is 14.6 Å². The first-order chi connectivity index (χ1) is 14.5. The fourth-order valence-corrected chi connectivity index (χ4v) is 2.68. The number of hydrogen-bond acceptors (Lipinski definition) is 8. The summed E-state index contributed by atoms with van der Waals surface area (Å²) in [6.07, 6.45) is 3.12. The van der Waals surface area contributed by atoms with Crippen LogP contribution in [0.5, 0.6) is 0 Å². The molecule has 0 fully saturated rings. The van der Waals surface area contributed by atoms with Crippen LogP contribution >= 0.6 is 0 Å². The monoisotopic (exact) mass is 410 g/mol. The third-order valence-electron chi connectivity index (χ3n) is 4.21. The molecule has 0 saturated heterocycles. The lowest BCUT2D eigenvalue weighted by Crippen LogP contribution is -2.10. The van der Waals surface area contributed by atoms with Gasteiger partial charge in [0.2, 0.25) is 0 Å². The number of hydrogen-bond donors (Lipinski definition) is 2. The Balaban J connectivity index is 1.74. The maximum Gasteiger partial charge on any atom is 0.358 e. The second kappa shape index (κ2) is 9.57. The van der Waals surface area contributed by atoms with E-state index in [9.17, 15) is 9.59 Å². The molecule has 0 unspecified atom stereocenters. The summed E-state index contributed by atoms with van der Waals surface area (Å²) in [5, 5.41) is 3.22. The van der Waals surface area contributed by atoms with Crippen molar-refractivity contribution in [3.05, 3.63) is 66.2 Å². The number of nitrogens with zero attached hydrogens (tertiary/aromatic N) is 2. The Morgan fingerprint density at radius 1 is 1.10 bits per heavy atom. The zero-order valence-electron chi connectivity index (χ0n) is 16.6. The van der Waals surface area contributed by atoms with E-state index >= 15 is 0 Å². The Kier molecular flexibility index (Phi) is 6.66. The zero-order chi connectivity index (χ0) is 21.5. The minimum Gasteiger partial charge on any atom is -0.464 e. The molecule has 0 bridgehead atoms. The number of aromatic nitrogens is 2. The van der Waals surface area contributed by atoms with Crippen LogP contribution < -0.4 is 11.1 Å². The van der Waals surface area contributed by atoms with Crippen molar-refractivity contribution in [1.82, 2.24) is 9.55 Å². The van der Waals surface area contributed by atoms with Crippen LogP contribution in [-0.4, -0.2) is 48.9 Å². The molecule has 30 heavy (non-hydrogen) atoms. The molecule has 0 atom stereocenters. The predicted octanol–water partition coefficient (Wildman–Crippen LogP) is 2.79. The minimum atomic E-state index is -0.503. The van der Waals surface area contributed by atoms with Gasteiger partial charge < -0.3 is 29.8 Å². The standard InChI is InChI=1S/C21H22N4O5/c1-28-8-9-30-20(26)14-6-7-18(17(22)10-14)24-15-4-3-5-16(11-15)25-12-19(23-13-25)21(27)29-2/h3-7,10-13,24H,8-9,22H2,1-2H3. The molecule has 1 heterocycles. The number of nitrogen functional groups attached to an aromatic ring is 1. The molecule has 0 spiro atoms. The van der Waals surface area contributed by atoms with E-state index in [1.807, 2.05) is 24.3 Å². The summed E-state index contributed by atoms with van der Waals surface area (Å²) in [5.41, 5.74) is 9.27. The van der Waals surface area contributed by atoms with Gasteiger partial charge in [-0.05, 0) is 36.4 Å².